The summed E-state index contributed by atoms with van der Waals surface area (Å²) in [5, 5.41) is 21.0. The van der Waals surface area contributed by atoms with E-state index in [4.69, 9.17) is 0 Å². The fourth-order valence-electron chi connectivity index (χ4n) is 2.45. The Kier molecular flexibility index (Phi) is 4.28. The van der Waals surface area contributed by atoms with Crippen LogP contribution in [-0.4, -0.2) is 21.4 Å². The van der Waals surface area contributed by atoms with Crippen molar-refractivity contribution in [1.29, 1.82) is 0 Å². The van der Waals surface area contributed by atoms with Crippen LogP contribution in [0.3, 0.4) is 0 Å². The zero-order valence-electron chi connectivity index (χ0n) is 12.3. The minimum Gasteiger partial charge on any atom is -0.387 e. The van der Waals surface area contributed by atoms with E-state index in [2.05, 4.69) is 41.5 Å². The molecule has 0 aromatic carbocycles. The molecule has 0 spiro atoms. The van der Waals surface area contributed by atoms with Gasteiger partial charge in [0, 0.05) is 0 Å². The summed E-state index contributed by atoms with van der Waals surface area (Å²) in [4.78, 5) is 0. The topological polar surface area (TPSA) is 40.5 Å². The van der Waals surface area contributed by atoms with Crippen molar-refractivity contribution in [3.05, 3.63) is 0 Å². The highest BCUT2D eigenvalue weighted by molar-refractivity contribution is 4.97. The SMILES string of the molecule is CC(C)(C)C[C@](C)(O)[C@](C)(O)CC(C)(C)C. The van der Waals surface area contributed by atoms with Gasteiger partial charge in [0.05, 0.1) is 11.2 Å². The molecule has 0 amide bonds. The Morgan fingerprint density at radius 3 is 0.875 bits per heavy atom. The molecule has 2 heteroatoms. The molecule has 2 nitrogen and oxygen atoms in total. The van der Waals surface area contributed by atoms with Gasteiger partial charge < -0.3 is 10.2 Å². The smallest absolute Gasteiger partial charge is 0.0907 e. The van der Waals surface area contributed by atoms with E-state index in [0.29, 0.717) is 12.8 Å². The van der Waals surface area contributed by atoms with Gasteiger partial charge in [-0.25, -0.2) is 0 Å². The minimum atomic E-state index is -1.06. The summed E-state index contributed by atoms with van der Waals surface area (Å²) in [6.07, 6.45) is 1.17. The van der Waals surface area contributed by atoms with Crippen molar-refractivity contribution < 1.29 is 10.2 Å². The molecular formula is C14H30O2. The largest absolute Gasteiger partial charge is 0.387 e. The van der Waals surface area contributed by atoms with Gasteiger partial charge in [0.25, 0.3) is 0 Å². The van der Waals surface area contributed by atoms with Crippen molar-refractivity contribution in [2.24, 2.45) is 10.8 Å². The Balaban J connectivity index is 4.85. The van der Waals surface area contributed by atoms with Gasteiger partial charge in [-0.2, -0.15) is 0 Å². The van der Waals surface area contributed by atoms with E-state index < -0.39 is 11.2 Å². The molecule has 16 heavy (non-hydrogen) atoms. The lowest BCUT2D eigenvalue weighted by atomic mass is 9.69. The number of aliphatic hydroxyl groups is 2. The van der Waals surface area contributed by atoms with Gasteiger partial charge in [0.1, 0.15) is 0 Å². The first kappa shape index (κ1) is 15.9. The van der Waals surface area contributed by atoms with Gasteiger partial charge in [0.2, 0.25) is 0 Å². The van der Waals surface area contributed by atoms with Gasteiger partial charge in [0.15, 0.2) is 0 Å². The van der Waals surface area contributed by atoms with E-state index in [9.17, 15) is 10.2 Å². The fourth-order valence-corrected chi connectivity index (χ4v) is 2.45. The summed E-state index contributed by atoms with van der Waals surface area (Å²) in [5.74, 6) is 0. The predicted molar refractivity (Wildman–Crippen MR) is 69.4 cm³/mol. The van der Waals surface area contributed by atoms with Gasteiger partial charge in [-0.3, -0.25) is 0 Å². The maximum absolute atomic E-state index is 10.5. The highest BCUT2D eigenvalue weighted by atomic mass is 16.4. The molecular weight excluding hydrogens is 200 g/mol. The Morgan fingerprint density at radius 2 is 0.750 bits per heavy atom. The van der Waals surface area contributed by atoms with Crippen molar-refractivity contribution in [2.45, 2.75) is 79.4 Å². The van der Waals surface area contributed by atoms with Crippen LogP contribution in [-0.2, 0) is 0 Å². The molecule has 0 unspecified atom stereocenters. The lowest BCUT2D eigenvalue weighted by Gasteiger charge is -2.45. The van der Waals surface area contributed by atoms with Crippen LogP contribution in [0.4, 0.5) is 0 Å². The van der Waals surface area contributed by atoms with Crippen LogP contribution in [0.2, 0.25) is 0 Å². The van der Waals surface area contributed by atoms with Crippen molar-refractivity contribution >= 4 is 0 Å². The first-order valence-corrected chi connectivity index (χ1v) is 6.11. The second-order valence-corrected chi connectivity index (χ2v) is 8.02. The quantitative estimate of drug-likeness (QED) is 0.780. The Labute approximate surface area is 101 Å². The number of hydrogen-bond donors (Lipinski definition) is 2. The van der Waals surface area contributed by atoms with E-state index in [-0.39, 0.29) is 10.8 Å². The molecule has 0 heterocycles. The molecule has 0 aromatic heterocycles. The van der Waals surface area contributed by atoms with Gasteiger partial charge in [-0.05, 0) is 37.5 Å². The van der Waals surface area contributed by atoms with E-state index in [1.165, 1.54) is 0 Å². The highest BCUT2D eigenvalue weighted by Gasteiger charge is 2.45. The molecule has 0 aromatic rings. The van der Waals surface area contributed by atoms with Crippen molar-refractivity contribution in [3.8, 4) is 0 Å². The van der Waals surface area contributed by atoms with Crippen LogP contribution in [0, 0.1) is 10.8 Å². The molecule has 0 radical (unpaired) electrons. The van der Waals surface area contributed by atoms with Crippen LogP contribution in [0.1, 0.15) is 68.2 Å². The first-order valence-electron chi connectivity index (χ1n) is 6.11. The molecule has 0 saturated carbocycles. The molecule has 2 atom stereocenters. The summed E-state index contributed by atoms with van der Waals surface area (Å²) in [6, 6.07) is 0. The summed E-state index contributed by atoms with van der Waals surface area (Å²) in [6.45, 7) is 15.9. The van der Waals surface area contributed by atoms with E-state index in [1.807, 2.05) is 0 Å². The normalized spacial score (nSPS) is 21.4. The van der Waals surface area contributed by atoms with Crippen LogP contribution < -0.4 is 0 Å². The third-order valence-electron chi connectivity index (χ3n) is 2.91. The highest BCUT2D eigenvalue weighted by Crippen LogP contribution is 2.40. The second kappa shape index (κ2) is 4.30. The molecule has 0 saturated heterocycles. The van der Waals surface area contributed by atoms with Crippen LogP contribution in [0.5, 0.6) is 0 Å². The fraction of sp³-hybridized carbons (Fsp3) is 1.00. The molecule has 0 aliphatic carbocycles. The summed E-state index contributed by atoms with van der Waals surface area (Å²) in [5.41, 5.74) is -2.10. The van der Waals surface area contributed by atoms with Gasteiger partial charge >= 0.3 is 0 Å². The number of rotatable bonds is 3. The average Bonchev–Trinajstić information content (AvgIpc) is 1.72. The molecule has 0 aliphatic heterocycles. The van der Waals surface area contributed by atoms with Crippen LogP contribution in [0.25, 0.3) is 0 Å². The van der Waals surface area contributed by atoms with Crippen LogP contribution >= 0.6 is 0 Å². The Bertz CT molecular complexity index is 200. The third-order valence-corrected chi connectivity index (χ3v) is 2.91. The monoisotopic (exact) mass is 230 g/mol. The molecule has 0 bridgehead atoms. The summed E-state index contributed by atoms with van der Waals surface area (Å²) < 4.78 is 0. The Hall–Kier alpha value is -0.0800. The third kappa shape index (κ3) is 5.31. The van der Waals surface area contributed by atoms with E-state index in [0.717, 1.165) is 0 Å². The summed E-state index contributed by atoms with van der Waals surface area (Å²) >= 11 is 0. The molecule has 0 rings (SSSR count). The first-order chi connectivity index (χ1) is 6.66. The molecule has 98 valence electrons. The zero-order chi connectivity index (χ0) is 13.4. The lowest BCUT2D eigenvalue weighted by Crippen LogP contribution is -2.53. The standard InChI is InChI=1S/C14H30O2/c1-11(2,3)9-13(7,15)14(8,16)10-12(4,5)6/h15-16H,9-10H2,1-8H3/t13-,14+. The zero-order valence-corrected chi connectivity index (χ0v) is 12.3. The maximum atomic E-state index is 10.5. The maximum Gasteiger partial charge on any atom is 0.0907 e. The van der Waals surface area contributed by atoms with Gasteiger partial charge in [-0.15, -0.1) is 0 Å². The van der Waals surface area contributed by atoms with Crippen LogP contribution in [0.15, 0.2) is 0 Å². The molecule has 0 fully saturated rings. The van der Waals surface area contributed by atoms with Gasteiger partial charge in [-0.1, -0.05) is 41.5 Å². The average molecular weight is 230 g/mol. The predicted octanol–water partition coefficient (Wildman–Crippen LogP) is 3.36. The molecule has 0 aliphatic rings. The minimum absolute atomic E-state index is 0.00533. The summed E-state index contributed by atoms with van der Waals surface area (Å²) in [7, 11) is 0. The Morgan fingerprint density at radius 1 is 0.562 bits per heavy atom. The second-order valence-electron chi connectivity index (χ2n) is 8.02. The van der Waals surface area contributed by atoms with E-state index >= 15 is 0 Å². The number of hydrogen-bond acceptors (Lipinski definition) is 2. The van der Waals surface area contributed by atoms with Crippen molar-refractivity contribution in [2.75, 3.05) is 0 Å². The van der Waals surface area contributed by atoms with Crippen molar-refractivity contribution in [3.63, 3.8) is 0 Å². The lowest BCUT2D eigenvalue weighted by molar-refractivity contribution is -0.161. The molecule has 2 N–H and O–H groups in total. The van der Waals surface area contributed by atoms with Crippen molar-refractivity contribution in [1.82, 2.24) is 0 Å². The van der Waals surface area contributed by atoms with E-state index in [1.54, 1.807) is 13.8 Å².